The van der Waals surface area contributed by atoms with Gasteiger partial charge in [0.15, 0.2) is 5.82 Å². The number of rotatable bonds is 7. The van der Waals surface area contributed by atoms with Gasteiger partial charge in [-0.3, -0.25) is 0 Å². The molecule has 1 heterocycles. The maximum absolute atomic E-state index is 8.96. The highest BCUT2D eigenvalue weighted by Gasteiger charge is 2.03. The normalized spacial score (nSPS) is 10.0. The summed E-state index contributed by atoms with van der Waals surface area (Å²) in [4.78, 5) is 4.39. The van der Waals surface area contributed by atoms with Crippen molar-refractivity contribution in [2.45, 2.75) is 6.42 Å². The smallest absolute Gasteiger partial charge is 0.249 e. The number of hydrogen-bond donors (Lipinski definition) is 2. The van der Waals surface area contributed by atoms with Gasteiger partial charge in [0, 0.05) is 12.2 Å². The van der Waals surface area contributed by atoms with E-state index in [4.69, 9.17) is 10.00 Å². The minimum atomic E-state index is 0.367. The summed E-state index contributed by atoms with van der Waals surface area (Å²) in [7, 11) is 1.66. The lowest BCUT2D eigenvalue weighted by Crippen LogP contribution is -2.09. The molecule has 130 valence electrons. The van der Waals surface area contributed by atoms with Gasteiger partial charge in [-0.1, -0.05) is 18.2 Å². The number of aromatic nitrogens is 3. The molecule has 2 N–H and O–H groups in total. The van der Waals surface area contributed by atoms with E-state index in [0.717, 1.165) is 17.9 Å². The van der Waals surface area contributed by atoms with Crippen LogP contribution < -0.4 is 15.4 Å². The van der Waals surface area contributed by atoms with Gasteiger partial charge in [-0.05, 0) is 42.3 Å². The van der Waals surface area contributed by atoms with Crippen molar-refractivity contribution in [2.75, 3.05) is 24.3 Å². The van der Waals surface area contributed by atoms with Gasteiger partial charge in [0.1, 0.15) is 5.75 Å². The van der Waals surface area contributed by atoms with Gasteiger partial charge in [-0.25, -0.2) is 0 Å². The summed E-state index contributed by atoms with van der Waals surface area (Å²) >= 11 is 0. The van der Waals surface area contributed by atoms with Gasteiger partial charge in [0.2, 0.25) is 5.95 Å². The number of ether oxygens (including phenoxy) is 1. The molecule has 1 aromatic heterocycles. The van der Waals surface area contributed by atoms with Gasteiger partial charge in [0.25, 0.3) is 0 Å². The number of nitriles is 1. The summed E-state index contributed by atoms with van der Waals surface area (Å²) in [5.41, 5.74) is 2.47. The summed E-state index contributed by atoms with van der Waals surface area (Å²) in [6, 6.07) is 17.2. The Balaban J connectivity index is 1.59. The van der Waals surface area contributed by atoms with Gasteiger partial charge in [0.05, 0.1) is 24.9 Å². The Labute approximate surface area is 151 Å². The molecule has 0 amide bonds. The molecule has 0 spiro atoms. The maximum atomic E-state index is 8.96. The van der Waals surface area contributed by atoms with Crippen molar-refractivity contribution in [2.24, 2.45) is 0 Å². The molecule has 7 nitrogen and oxygen atoms in total. The standard InChI is InChI=1S/C19H18N6O/c1-26-17-7-3-4-14(11-17)8-9-21-18-13-22-25-19(24-18)23-16-6-2-5-15(10-16)12-20/h2-7,10-11,13H,8-9H2,1H3,(H2,21,23,24,25). The van der Waals surface area contributed by atoms with Crippen LogP contribution in [-0.2, 0) is 6.42 Å². The molecule has 0 aliphatic rings. The fraction of sp³-hybridized carbons (Fsp3) is 0.158. The molecule has 0 saturated heterocycles. The highest BCUT2D eigenvalue weighted by Crippen LogP contribution is 2.15. The predicted octanol–water partition coefficient (Wildman–Crippen LogP) is 3.15. The van der Waals surface area contributed by atoms with Crippen LogP contribution in [0, 0.1) is 11.3 Å². The average Bonchev–Trinajstić information content (AvgIpc) is 2.68. The Kier molecular flexibility index (Phi) is 5.58. The van der Waals surface area contributed by atoms with Gasteiger partial charge < -0.3 is 15.4 Å². The van der Waals surface area contributed by atoms with Crippen LogP contribution in [0.15, 0.2) is 54.7 Å². The second kappa shape index (κ2) is 8.44. The van der Waals surface area contributed by atoms with Crippen molar-refractivity contribution in [3.05, 3.63) is 65.9 Å². The third-order valence-electron chi connectivity index (χ3n) is 3.66. The van der Waals surface area contributed by atoms with Crippen LogP contribution in [0.4, 0.5) is 17.5 Å². The first kappa shape index (κ1) is 17.2. The minimum absolute atomic E-state index is 0.367. The van der Waals surface area contributed by atoms with Crippen LogP contribution in [0.2, 0.25) is 0 Å². The van der Waals surface area contributed by atoms with Crippen molar-refractivity contribution in [3.63, 3.8) is 0 Å². The SMILES string of the molecule is COc1cccc(CCNc2cnnc(Nc3cccc(C#N)c3)n2)c1. The van der Waals surface area contributed by atoms with E-state index in [-0.39, 0.29) is 0 Å². The Bertz CT molecular complexity index is 922. The Hall–Kier alpha value is -3.66. The van der Waals surface area contributed by atoms with E-state index in [1.54, 1.807) is 31.5 Å². The summed E-state index contributed by atoms with van der Waals surface area (Å²) in [6.45, 7) is 0.704. The first-order valence-electron chi connectivity index (χ1n) is 8.10. The highest BCUT2D eigenvalue weighted by atomic mass is 16.5. The molecular formula is C19H18N6O. The molecule has 0 fully saturated rings. The predicted molar refractivity (Wildman–Crippen MR) is 99.5 cm³/mol. The van der Waals surface area contributed by atoms with E-state index in [9.17, 15) is 0 Å². The molecule has 3 rings (SSSR count). The molecule has 0 bridgehead atoms. The van der Waals surface area contributed by atoms with E-state index in [1.807, 2.05) is 24.3 Å². The molecule has 0 atom stereocenters. The van der Waals surface area contributed by atoms with Crippen molar-refractivity contribution < 1.29 is 4.74 Å². The number of nitrogens with zero attached hydrogens (tertiary/aromatic N) is 4. The number of nitrogens with one attached hydrogen (secondary N) is 2. The monoisotopic (exact) mass is 346 g/mol. The number of methoxy groups -OCH3 is 1. The summed E-state index contributed by atoms with van der Waals surface area (Å²) in [5, 5.41) is 23.2. The first-order valence-corrected chi connectivity index (χ1v) is 8.10. The van der Waals surface area contributed by atoms with Gasteiger partial charge in [-0.2, -0.15) is 15.3 Å². The lowest BCUT2D eigenvalue weighted by molar-refractivity contribution is 0.414. The summed E-state index contributed by atoms with van der Waals surface area (Å²) in [6.07, 6.45) is 2.40. The van der Waals surface area contributed by atoms with E-state index >= 15 is 0 Å². The van der Waals surface area contributed by atoms with Gasteiger partial charge >= 0.3 is 0 Å². The lowest BCUT2D eigenvalue weighted by Gasteiger charge is -2.08. The number of hydrogen-bond acceptors (Lipinski definition) is 7. The Morgan fingerprint density at radius 2 is 2.04 bits per heavy atom. The maximum Gasteiger partial charge on any atom is 0.249 e. The summed E-state index contributed by atoms with van der Waals surface area (Å²) in [5.74, 6) is 1.84. The molecule has 2 aromatic carbocycles. The van der Waals surface area contributed by atoms with Crippen LogP contribution in [-0.4, -0.2) is 28.8 Å². The van der Waals surface area contributed by atoms with Crippen molar-refractivity contribution in [3.8, 4) is 11.8 Å². The van der Waals surface area contributed by atoms with Crippen LogP contribution in [0.5, 0.6) is 5.75 Å². The van der Waals surface area contributed by atoms with Crippen molar-refractivity contribution in [1.82, 2.24) is 15.2 Å². The second-order valence-electron chi connectivity index (χ2n) is 5.51. The molecule has 26 heavy (non-hydrogen) atoms. The van der Waals surface area contributed by atoms with Gasteiger partial charge in [-0.15, -0.1) is 5.10 Å². The third-order valence-corrected chi connectivity index (χ3v) is 3.66. The largest absolute Gasteiger partial charge is 0.497 e. The molecule has 7 heteroatoms. The Morgan fingerprint density at radius 1 is 1.15 bits per heavy atom. The molecule has 0 saturated carbocycles. The summed E-state index contributed by atoms with van der Waals surface area (Å²) < 4.78 is 5.23. The zero-order chi connectivity index (χ0) is 18.2. The number of anilines is 3. The zero-order valence-electron chi connectivity index (χ0n) is 14.3. The first-order chi connectivity index (χ1) is 12.8. The van der Waals surface area contributed by atoms with Crippen LogP contribution in [0.3, 0.4) is 0 Å². The molecule has 3 aromatic rings. The van der Waals surface area contributed by atoms with Crippen LogP contribution in [0.25, 0.3) is 0 Å². The lowest BCUT2D eigenvalue weighted by atomic mass is 10.1. The van der Waals surface area contributed by atoms with Crippen LogP contribution >= 0.6 is 0 Å². The quantitative estimate of drug-likeness (QED) is 0.678. The average molecular weight is 346 g/mol. The minimum Gasteiger partial charge on any atom is -0.497 e. The topological polar surface area (TPSA) is 95.8 Å². The van der Waals surface area contributed by atoms with E-state index in [1.165, 1.54) is 5.56 Å². The van der Waals surface area contributed by atoms with Crippen LogP contribution in [0.1, 0.15) is 11.1 Å². The van der Waals surface area contributed by atoms with Crippen molar-refractivity contribution >= 4 is 17.5 Å². The molecule has 0 unspecified atom stereocenters. The Morgan fingerprint density at radius 3 is 2.88 bits per heavy atom. The van der Waals surface area contributed by atoms with E-state index in [2.05, 4.69) is 38.0 Å². The second-order valence-corrected chi connectivity index (χ2v) is 5.51. The van der Waals surface area contributed by atoms with E-state index in [0.29, 0.717) is 23.9 Å². The zero-order valence-corrected chi connectivity index (χ0v) is 14.3. The molecule has 0 aliphatic carbocycles. The number of benzene rings is 2. The molecular weight excluding hydrogens is 328 g/mol. The molecule has 0 aliphatic heterocycles. The fourth-order valence-electron chi connectivity index (χ4n) is 2.40. The molecule has 0 radical (unpaired) electrons. The van der Waals surface area contributed by atoms with Crippen molar-refractivity contribution in [1.29, 1.82) is 5.26 Å². The fourth-order valence-corrected chi connectivity index (χ4v) is 2.40. The van der Waals surface area contributed by atoms with E-state index < -0.39 is 0 Å². The third kappa shape index (κ3) is 4.68. The highest BCUT2D eigenvalue weighted by molar-refractivity contribution is 5.56.